The molecule has 0 unspecified atom stereocenters. The predicted molar refractivity (Wildman–Crippen MR) is 71.6 cm³/mol. The molecule has 2 aromatic rings. The van der Waals surface area contributed by atoms with Gasteiger partial charge in [0.1, 0.15) is 0 Å². The van der Waals surface area contributed by atoms with E-state index in [9.17, 15) is 0 Å². The monoisotopic (exact) mass is 271 g/mol. The van der Waals surface area contributed by atoms with Gasteiger partial charge in [0.05, 0.1) is 0 Å². The first kappa shape index (κ1) is 19.8. The molecule has 18 heavy (non-hydrogen) atoms. The Morgan fingerprint density at radius 2 is 1.00 bits per heavy atom. The SMILES string of the molecule is [Mg+2].[O-][B][O-].[OH-].c1ccc([SH+]c2ccccc2)cc1. The van der Waals surface area contributed by atoms with E-state index in [1.54, 1.807) is 0 Å². The first-order valence-electron chi connectivity index (χ1n) is 4.74. The van der Waals surface area contributed by atoms with Gasteiger partial charge in [-0.15, -0.1) is 0 Å². The van der Waals surface area contributed by atoms with E-state index < -0.39 is 7.69 Å². The number of hydrogen-bond acceptors (Lipinski definition) is 3. The minimum Gasteiger partial charge on any atom is -0.900 e. The molecule has 0 aliphatic rings. The number of thiol groups is 1. The van der Waals surface area contributed by atoms with E-state index in [1.165, 1.54) is 21.6 Å². The molecule has 0 saturated carbocycles. The van der Waals surface area contributed by atoms with Crippen LogP contribution in [0.15, 0.2) is 70.5 Å². The van der Waals surface area contributed by atoms with E-state index >= 15 is 0 Å². The van der Waals surface area contributed by atoms with Crippen molar-refractivity contribution in [2.45, 2.75) is 9.79 Å². The van der Waals surface area contributed by atoms with Gasteiger partial charge in [-0.1, -0.05) is 36.4 Å². The van der Waals surface area contributed by atoms with Crippen LogP contribution in [-0.2, 0) is 11.8 Å². The van der Waals surface area contributed by atoms with Gasteiger partial charge in [0.25, 0.3) is 0 Å². The Labute approximate surface area is 128 Å². The summed E-state index contributed by atoms with van der Waals surface area (Å²) in [5.74, 6) is 0. The third kappa shape index (κ3) is 8.57. The molecule has 0 aliphatic carbocycles. The molecule has 89 valence electrons. The number of hydrogen-bond donors (Lipinski definition) is 0. The second-order valence-electron chi connectivity index (χ2n) is 2.88. The zero-order valence-electron chi connectivity index (χ0n) is 9.77. The summed E-state index contributed by atoms with van der Waals surface area (Å²) in [4.78, 5) is 2.68. The Balaban J connectivity index is 0. The van der Waals surface area contributed by atoms with Gasteiger partial charge >= 0.3 is 23.1 Å². The molecule has 0 bridgehead atoms. The maximum atomic E-state index is 8.25. The molecule has 0 saturated heterocycles. The molecule has 0 spiro atoms. The van der Waals surface area contributed by atoms with Gasteiger partial charge in [-0.25, -0.2) is 7.69 Å². The van der Waals surface area contributed by atoms with Crippen molar-refractivity contribution in [2.75, 3.05) is 0 Å². The quantitative estimate of drug-likeness (QED) is 0.424. The average molecular weight is 271 g/mol. The minimum absolute atomic E-state index is 0. The summed E-state index contributed by atoms with van der Waals surface area (Å²) in [5.41, 5.74) is 0. The van der Waals surface area contributed by atoms with E-state index in [0.29, 0.717) is 0 Å². The van der Waals surface area contributed by atoms with Crippen LogP contribution in [0.1, 0.15) is 0 Å². The van der Waals surface area contributed by atoms with Crippen molar-refractivity contribution in [3.63, 3.8) is 0 Å². The molecule has 0 aromatic heterocycles. The largest absolute Gasteiger partial charge is 2.00 e. The summed E-state index contributed by atoms with van der Waals surface area (Å²) in [6.45, 7) is 0. The second kappa shape index (κ2) is 12.9. The van der Waals surface area contributed by atoms with Gasteiger partial charge in [0.15, 0.2) is 9.79 Å². The van der Waals surface area contributed by atoms with Crippen molar-refractivity contribution in [1.29, 1.82) is 0 Å². The van der Waals surface area contributed by atoms with E-state index in [2.05, 4.69) is 48.5 Å². The number of benzene rings is 2. The van der Waals surface area contributed by atoms with Crippen LogP contribution < -0.4 is 10.0 Å². The standard InChI is InChI=1S/C12H10S.BO2.Mg.H2O/c1-3-7-11(8-4-1)13-12-9-5-2-6-10-12;2-1-3;;/h1-10H;;;1H2/q;-2;+2;. The smallest absolute Gasteiger partial charge is 0.900 e. The first-order chi connectivity index (χ1) is 7.86. The molecule has 3 nitrogen and oxygen atoms in total. The second-order valence-corrected chi connectivity index (χ2v) is 4.14. The zero-order chi connectivity index (χ0) is 11.6. The van der Waals surface area contributed by atoms with Crippen LogP contribution in [0.25, 0.3) is 0 Å². The van der Waals surface area contributed by atoms with Gasteiger partial charge in [-0.3, -0.25) is 0 Å². The molecule has 2 rings (SSSR count). The third-order valence-corrected chi connectivity index (χ3v) is 2.88. The molecule has 2 aromatic carbocycles. The predicted octanol–water partition coefficient (Wildman–Crippen LogP) is -0.397. The Hall–Kier alpha value is -0.499. The van der Waals surface area contributed by atoms with E-state index in [4.69, 9.17) is 10.0 Å². The van der Waals surface area contributed by atoms with Gasteiger partial charge in [-0.2, -0.15) is 0 Å². The van der Waals surface area contributed by atoms with Crippen LogP contribution in [0.2, 0.25) is 0 Å². The Morgan fingerprint density at radius 1 is 0.722 bits per heavy atom. The molecule has 0 aliphatic heterocycles. The topological polar surface area (TPSA) is 76.1 Å². The molecule has 1 N–H and O–H groups in total. The third-order valence-electron chi connectivity index (χ3n) is 1.77. The normalized spacial score (nSPS) is 7.89. The zero-order valence-corrected chi connectivity index (χ0v) is 12.1. The molecule has 6 heteroatoms. The molecule has 0 atom stereocenters. The molecule has 0 amide bonds. The van der Waals surface area contributed by atoms with Crippen molar-refractivity contribution in [3.05, 3.63) is 60.7 Å². The Kier molecular flexibility index (Phi) is 14.3. The van der Waals surface area contributed by atoms with Crippen LogP contribution in [0.5, 0.6) is 0 Å². The summed E-state index contributed by atoms with van der Waals surface area (Å²) in [6, 6.07) is 21.0. The van der Waals surface area contributed by atoms with Crippen LogP contribution in [0.3, 0.4) is 0 Å². The Morgan fingerprint density at radius 3 is 1.28 bits per heavy atom. The van der Waals surface area contributed by atoms with Crippen LogP contribution in [-0.4, -0.2) is 36.2 Å². The molecule has 1 radical (unpaired) electrons. The van der Waals surface area contributed by atoms with E-state index in [1.807, 2.05) is 12.1 Å². The van der Waals surface area contributed by atoms with Gasteiger partial charge in [0.2, 0.25) is 0 Å². The van der Waals surface area contributed by atoms with Crippen molar-refractivity contribution in [1.82, 2.24) is 0 Å². The molecule has 0 fully saturated rings. The fourth-order valence-corrected chi connectivity index (χ4v) is 2.09. The fraction of sp³-hybridized carbons (Fsp3) is 0. The summed E-state index contributed by atoms with van der Waals surface area (Å²) < 4.78 is 0. The summed E-state index contributed by atoms with van der Waals surface area (Å²) in [6.07, 6.45) is 0. The average Bonchev–Trinajstić information content (AvgIpc) is 2.33. The molecular formula is C12H12BMgO3S. The van der Waals surface area contributed by atoms with Gasteiger partial charge in [0, 0.05) is 11.8 Å². The van der Waals surface area contributed by atoms with Crippen molar-refractivity contribution in [2.24, 2.45) is 0 Å². The molecule has 0 heterocycles. The van der Waals surface area contributed by atoms with Crippen LogP contribution in [0.4, 0.5) is 0 Å². The van der Waals surface area contributed by atoms with Crippen molar-refractivity contribution >= 4 is 42.5 Å². The van der Waals surface area contributed by atoms with E-state index in [0.717, 1.165) is 0 Å². The Bertz CT molecular complexity index is 352. The fourth-order valence-electron chi connectivity index (χ4n) is 1.15. The van der Waals surface area contributed by atoms with Crippen LogP contribution in [0, 0.1) is 0 Å². The van der Waals surface area contributed by atoms with Gasteiger partial charge < -0.3 is 15.5 Å². The summed E-state index contributed by atoms with van der Waals surface area (Å²) in [5, 5.41) is 16.5. The van der Waals surface area contributed by atoms with E-state index in [-0.39, 0.29) is 28.5 Å². The van der Waals surface area contributed by atoms with Crippen molar-refractivity contribution < 1.29 is 15.5 Å². The first-order valence-corrected chi connectivity index (χ1v) is 5.63. The number of rotatable bonds is 2. The van der Waals surface area contributed by atoms with Crippen LogP contribution >= 0.6 is 0 Å². The van der Waals surface area contributed by atoms with Crippen molar-refractivity contribution in [3.8, 4) is 0 Å². The molecular weight excluding hydrogens is 259 g/mol. The summed E-state index contributed by atoms with van der Waals surface area (Å²) >= 11 is 1.28. The van der Waals surface area contributed by atoms with Gasteiger partial charge in [-0.05, 0) is 24.3 Å². The maximum absolute atomic E-state index is 8.25. The minimum atomic E-state index is -0.500. The maximum Gasteiger partial charge on any atom is 2.00 e. The summed E-state index contributed by atoms with van der Waals surface area (Å²) in [7, 11) is -0.500.